The first-order valence-electron chi connectivity index (χ1n) is 1.89. The number of hydrogen-bond donors (Lipinski definition) is 0. The Bertz CT molecular complexity index is 79.8. The second-order valence-corrected chi connectivity index (χ2v) is 1.48. The zero-order valence-corrected chi connectivity index (χ0v) is 4.44. The van der Waals surface area contributed by atoms with Gasteiger partial charge in [0.15, 0.2) is 0 Å². The molecule has 7 heavy (non-hydrogen) atoms. The van der Waals surface area contributed by atoms with Gasteiger partial charge in [0.1, 0.15) is 6.29 Å². The van der Waals surface area contributed by atoms with E-state index in [1.165, 1.54) is 0 Å². The van der Waals surface area contributed by atoms with Gasteiger partial charge in [0.05, 0.1) is 0 Å². The first-order valence-corrected chi connectivity index (χ1v) is 2.27. The molecule has 0 heterocycles. The fraction of sp³-hybridized carbons (Fsp3) is 0.500. The standard InChI is InChI=1S/C4H5ClO2/c5-4(7)2-1-3-6/h3H,1-2H2. The summed E-state index contributed by atoms with van der Waals surface area (Å²) < 4.78 is 0. The van der Waals surface area contributed by atoms with E-state index in [0.29, 0.717) is 6.29 Å². The van der Waals surface area contributed by atoms with Gasteiger partial charge in [-0.3, -0.25) is 4.79 Å². The molecule has 0 saturated carbocycles. The van der Waals surface area contributed by atoms with Crippen LogP contribution in [0.2, 0.25) is 0 Å². The van der Waals surface area contributed by atoms with E-state index in [9.17, 15) is 9.59 Å². The predicted molar refractivity (Wildman–Crippen MR) is 26.2 cm³/mol. The third kappa shape index (κ3) is 5.63. The van der Waals surface area contributed by atoms with Crippen LogP contribution in [-0.4, -0.2) is 11.5 Å². The zero-order valence-electron chi connectivity index (χ0n) is 3.69. The molecule has 0 bridgehead atoms. The molecule has 3 heteroatoms. The van der Waals surface area contributed by atoms with Crippen LogP contribution in [0.25, 0.3) is 0 Å². The zero-order chi connectivity index (χ0) is 5.70. The highest BCUT2D eigenvalue weighted by molar-refractivity contribution is 6.63. The molecule has 0 aromatic carbocycles. The Morgan fingerprint density at radius 1 is 1.71 bits per heavy atom. The molecule has 0 fully saturated rings. The van der Waals surface area contributed by atoms with Crippen molar-refractivity contribution in [2.24, 2.45) is 0 Å². The smallest absolute Gasteiger partial charge is 0.222 e. The Labute approximate surface area is 46.5 Å². The molecule has 40 valence electrons. The summed E-state index contributed by atoms with van der Waals surface area (Å²) >= 11 is 4.86. The SMILES string of the molecule is O=CCCC(=O)Cl. The summed E-state index contributed by atoms with van der Waals surface area (Å²) in [6, 6.07) is 0. The number of halogens is 1. The summed E-state index contributed by atoms with van der Waals surface area (Å²) in [5, 5.41) is -0.452. The Kier molecular flexibility index (Phi) is 3.61. The van der Waals surface area contributed by atoms with Crippen LogP contribution < -0.4 is 0 Å². The normalized spacial score (nSPS) is 8.14. The fourth-order valence-corrected chi connectivity index (χ4v) is 0.282. The number of rotatable bonds is 3. The van der Waals surface area contributed by atoms with Gasteiger partial charge in [-0.05, 0) is 11.6 Å². The maximum atomic E-state index is 9.81. The van der Waals surface area contributed by atoms with E-state index in [2.05, 4.69) is 0 Å². The van der Waals surface area contributed by atoms with Crippen molar-refractivity contribution < 1.29 is 9.59 Å². The molecule has 0 radical (unpaired) electrons. The molecule has 0 rings (SSSR count). The molecule has 0 amide bonds. The van der Waals surface area contributed by atoms with Gasteiger partial charge in [0.2, 0.25) is 5.24 Å². The molecule has 0 aliphatic heterocycles. The summed E-state index contributed by atoms with van der Waals surface area (Å²) in [7, 11) is 0. The predicted octanol–water partition coefficient (Wildman–Crippen LogP) is 0.731. The van der Waals surface area contributed by atoms with Crippen molar-refractivity contribution in [2.75, 3.05) is 0 Å². The third-order valence-electron chi connectivity index (χ3n) is 0.459. The number of aldehydes is 1. The van der Waals surface area contributed by atoms with Crippen molar-refractivity contribution >= 4 is 23.1 Å². The Morgan fingerprint density at radius 3 is 2.43 bits per heavy atom. The average molecular weight is 121 g/mol. The molecule has 0 spiro atoms. The Balaban J connectivity index is 2.97. The summed E-state index contributed by atoms with van der Waals surface area (Å²) in [6.45, 7) is 0. The van der Waals surface area contributed by atoms with E-state index < -0.39 is 5.24 Å². The lowest BCUT2D eigenvalue weighted by molar-refractivity contribution is -0.114. The number of hydrogen-bond acceptors (Lipinski definition) is 2. The van der Waals surface area contributed by atoms with Crippen molar-refractivity contribution in [3.8, 4) is 0 Å². The molecule has 0 unspecified atom stereocenters. The van der Waals surface area contributed by atoms with Gasteiger partial charge < -0.3 is 4.79 Å². The first kappa shape index (κ1) is 6.63. The van der Waals surface area contributed by atoms with E-state index in [1.54, 1.807) is 0 Å². The van der Waals surface area contributed by atoms with Crippen LogP contribution >= 0.6 is 11.6 Å². The van der Waals surface area contributed by atoms with Crippen molar-refractivity contribution in [2.45, 2.75) is 12.8 Å². The Morgan fingerprint density at radius 2 is 2.29 bits per heavy atom. The molecule has 0 aromatic rings. The van der Waals surface area contributed by atoms with Gasteiger partial charge in [0.25, 0.3) is 0 Å². The number of carbonyl (C=O) groups is 2. The molecule has 0 aromatic heterocycles. The minimum absolute atomic E-state index is 0.158. The minimum atomic E-state index is -0.452. The topological polar surface area (TPSA) is 34.1 Å². The second kappa shape index (κ2) is 3.81. The van der Waals surface area contributed by atoms with E-state index in [-0.39, 0.29) is 12.8 Å². The monoisotopic (exact) mass is 120 g/mol. The molecule has 0 aliphatic rings. The third-order valence-corrected chi connectivity index (χ3v) is 0.648. The summed E-state index contributed by atoms with van der Waals surface area (Å²) in [4.78, 5) is 19.3. The van der Waals surface area contributed by atoms with Crippen LogP contribution in [0.15, 0.2) is 0 Å². The van der Waals surface area contributed by atoms with Crippen LogP contribution in [0.5, 0.6) is 0 Å². The lowest BCUT2D eigenvalue weighted by Crippen LogP contribution is -1.84. The highest BCUT2D eigenvalue weighted by Crippen LogP contribution is 1.89. The van der Waals surface area contributed by atoms with Gasteiger partial charge in [-0.15, -0.1) is 0 Å². The van der Waals surface area contributed by atoms with Crippen LogP contribution in [0, 0.1) is 0 Å². The van der Waals surface area contributed by atoms with Crippen molar-refractivity contribution in [1.29, 1.82) is 0 Å². The summed E-state index contributed by atoms with van der Waals surface area (Å²) in [5.41, 5.74) is 0. The Hall–Kier alpha value is -0.370. The highest BCUT2D eigenvalue weighted by atomic mass is 35.5. The molecule has 0 aliphatic carbocycles. The van der Waals surface area contributed by atoms with Crippen molar-refractivity contribution in [3.63, 3.8) is 0 Å². The first-order chi connectivity index (χ1) is 3.27. The van der Waals surface area contributed by atoms with Gasteiger partial charge in [-0.25, -0.2) is 0 Å². The van der Waals surface area contributed by atoms with Crippen LogP contribution in [0.1, 0.15) is 12.8 Å². The van der Waals surface area contributed by atoms with Gasteiger partial charge in [-0.2, -0.15) is 0 Å². The molecule has 0 saturated heterocycles. The molecule has 2 nitrogen and oxygen atoms in total. The molecular formula is C4H5ClO2. The molecule has 0 N–H and O–H groups in total. The lowest BCUT2D eigenvalue weighted by atomic mass is 10.4. The summed E-state index contributed by atoms with van der Waals surface area (Å²) in [5.74, 6) is 0. The van der Waals surface area contributed by atoms with E-state index in [1.807, 2.05) is 0 Å². The summed E-state index contributed by atoms with van der Waals surface area (Å²) in [6.07, 6.45) is 1.06. The van der Waals surface area contributed by atoms with Gasteiger partial charge in [-0.1, -0.05) is 0 Å². The maximum Gasteiger partial charge on any atom is 0.222 e. The average Bonchev–Trinajstić information content (AvgIpc) is 1.61. The van der Waals surface area contributed by atoms with Gasteiger partial charge >= 0.3 is 0 Å². The molecule has 0 atom stereocenters. The number of carbonyl (C=O) groups excluding carboxylic acids is 2. The van der Waals surface area contributed by atoms with E-state index in [4.69, 9.17) is 11.6 Å². The van der Waals surface area contributed by atoms with Crippen LogP contribution in [0.3, 0.4) is 0 Å². The van der Waals surface area contributed by atoms with Gasteiger partial charge in [0, 0.05) is 12.8 Å². The fourth-order valence-electron chi connectivity index (χ4n) is 0.172. The van der Waals surface area contributed by atoms with Crippen molar-refractivity contribution in [3.05, 3.63) is 0 Å². The van der Waals surface area contributed by atoms with Crippen molar-refractivity contribution in [1.82, 2.24) is 0 Å². The van der Waals surface area contributed by atoms with Crippen LogP contribution in [-0.2, 0) is 9.59 Å². The maximum absolute atomic E-state index is 9.81. The van der Waals surface area contributed by atoms with Crippen LogP contribution in [0.4, 0.5) is 0 Å². The largest absolute Gasteiger partial charge is 0.303 e. The van der Waals surface area contributed by atoms with E-state index in [0.717, 1.165) is 0 Å². The molecular weight excluding hydrogens is 115 g/mol. The quantitative estimate of drug-likeness (QED) is 0.407. The minimum Gasteiger partial charge on any atom is -0.303 e. The van der Waals surface area contributed by atoms with E-state index >= 15 is 0 Å². The lowest BCUT2D eigenvalue weighted by Gasteiger charge is -1.77. The second-order valence-electron chi connectivity index (χ2n) is 1.06. The highest BCUT2D eigenvalue weighted by Gasteiger charge is 1.90.